The lowest BCUT2D eigenvalue weighted by Gasteiger charge is -2.30. The van der Waals surface area contributed by atoms with Crippen molar-refractivity contribution in [2.75, 3.05) is 19.7 Å². The molecular formula is C9H15NO4. The van der Waals surface area contributed by atoms with Gasteiger partial charge in [0, 0.05) is 6.54 Å². The highest BCUT2D eigenvalue weighted by molar-refractivity contribution is 5.76. The van der Waals surface area contributed by atoms with Gasteiger partial charge >= 0.3 is 6.09 Å². The maximum absolute atomic E-state index is 10.6. The van der Waals surface area contributed by atoms with Crippen molar-refractivity contribution in [2.45, 2.75) is 25.9 Å². The molecule has 1 amide bonds. The quantitative estimate of drug-likeness (QED) is 0.731. The number of carbonyl (C=O) groups excluding carboxylic acids is 1. The van der Waals surface area contributed by atoms with Crippen LogP contribution in [0.2, 0.25) is 0 Å². The Morgan fingerprint density at radius 1 is 1.57 bits per heavy atom. The number of ketones is 1. The smallest absolute Gasteiger partial charge is 0.407 e. The zero-order valence-electron chi connectivity index (χ0n) is 8.23. The molecule has 0 aromatic carbocycles. The van der Waals surface area contributed by atoms with E-state index in [4.69, 9.17) is 9.84 Å². The largest absolute Gasteiger partial charge is 0.465 e. The normalized spacial score (nSPS) is 22.1. The van der Waals surface area contributed by atoms with Gasteiger partial charge in [0.05, 0.1) is 12.6 Å². The van der Waals surface area contributed by atoms with Crippen molar-refractivity contribution >= 4 is 11.9 Å². The molecule has 1 atom stereocenters. The van der Waals surface area contributed by atoms with Crippen LogP contribution in [0.4, 0.5) is 4.79 Å². The van der Waals surface area contributed by atoms with Gasteiger partial charge in [-0.2, -0.15) is 0 Å². The van der Waals surface area contributed by atoms with Crippen molar-refractivity contribution in [3.63, 3.8) is 0 Å². The monoisotopic (exact) mass is 201 g/mol. The lowest BCUT2D eigenvalue weighted by atomic mass is 10.1. The predicted octanol–water partition coefficient (Wildman–Crippen LogP) is 0.734. The highest BCUT2D eigenvalue weighted by Crippen LogP contribution is 2.12. The van der Waals surface area contributed by atoms with Gasteiger partial charge in [0.2, 0.25) is 0 Å². The fraction of sp³-hybridized carbons (Fsp3) is 0.778. The summed E-state index contributed by atoms with van der Waals surface area (Å²) < 4.78 is 5.27. The average molecular weight is 201 g/mol. The summed E-state index contributed by atoms with van der Waals surface area (Å²) in [7, 11) is 0. The first-order chi connectivity index (χ1) is 6.59. The number of nitrogens with zero attached hydrogens (tertiary/aromatic N) is 1. The molecule has 1 unspecified atom stereocenters. The maximum Gasteiger partial charge on any atom is 0.407 e. The van der Waals surface area contributed by atoms with Gasteiger partial charge < -0.3 is 14.7 Å². The second-order valence-electron chi connectivity index (χ2n) is 3.51. The second kappa shape index (κ2) is 4.95. The van der Waals surface area contributed by atoms with E-state index in [1.165, 1.54) is 11.8 Å². The van der Waals surface area contributed by atoms with E-state index in [-0.39, 0.29) is 18.5 Å². The van der Waals surface area contributed by atoms with Crippen molar-refractivity contribution in [2.24, 2.45) is 0 Å². The first kappa shape index (κ1) is 11.0. The molecule has 0 aromatic rings. The van der Waals surface area contributed by atoms with Crippen molar-refractivity contribution in [1.82, 2.24) is 4.90 Å². The van der Waals surface area contributed by atoms with Crippen LogP contribution in [0.5, 0.6) is 0 Å². The molecular weight excluding hydrogens is 186 g/mol. The van der Waals surface area contributed by atoms with Crippen molar-refractivity contribution in [3.8, 4) is 0 Å². The molecule has 0 aliphatic carbocycles. The fourth-order valence-corrected chi connectivity index (χ4v) is 1.48. The maximum atomic E-state index is 10.6. The Morgan fingerprint density at radius 2 is 2.29 bits per heavy atom. The zero-order valence-corrected chi connectivity index (χ0v) is 8.23. The second-order valence-corrected chi connectivity index (χ2v) is 3.51. The summed E-state index contributed by atoms with van der Waals surface area (Å²) in [6.07, 6.45) is 0.594. The van der Waals surface area contributed by atoms with E-state index in [1.54, 1.807) is 0 Å². The number of carboxylic acid groups (broad SMARTS) is 1. The van der Waals surface area contributed by atoms with Crippen LogP contribution in [-0.4, -0.2) is 47.7 Å². The molecule has 1 N–H and O–H groups in total. The Morgan fingerprint density at radius 3 is 2.86 bits per heavy atom. The number of hydrogen-bond acceptors (Lipinski definition) is 3. The van der Waals surface area contributed by atoms with Gasteiger partial charge in [-0.25, -0.2) is 4.79 Å². The van der Waals surface area contributed by atoms with E-state index in [9.17, 15) is 9.59 Å². The Balaban J connectivity index is 2.32. The van der Waals surface area contributed by atoms with Crippen LogP contribution < -0.4 is 0 Å². The fourth-order valence-electron chi connectivity index (χ4n) is 1.48. The SMILES string of the molecule is CC(=O)COC1CCCN(C(=O)O)C1. The number of hydrogen-bond donors (Lipinski definition) is 1. The molecule has 1 aliphatic heterocycles. The number of piperidine rings is 1. The topological polar surface area (TPSA) is 66.8 Å². The molecule has 5 nitrogen and oxygen atoms in total. The zero-order chi connectivity index (χ0) is 10.6. The molecule has 1 heterocycles. The van der Waals surface area contributed by atoms with E-state index in [1.807, 2.05) is 0 Å². The van der Waals surface area contributed by atoms with Gasteiger partial charge in [0.25, 0.3) is 0 Å². The molecule has 80 valence electrons. The summed E-state index contributed by atoms with van der Waals surface area (Å²) in [6.45, 7) is 2.48. The average Bonchev–Trinajstić information content (AvgIpc) is 2.15. The summed E-state index contributed by atoms with van der Waals surface area (Å²) in [5.74, 6) is -0.0301. The van der Waals surface area contributed by atoms with Gasteiger partial charge in [0.1, 0.15) is 6.61 Å². The Bertz CT molecular complexity index is 229. The number of amides is 1. The number of ether oxygens (including phenoxy) is 1. The molecule has 5 heteroatoms. The lowest BCUT2D eigenvalue weighted by molar-refractivity contribution is -0.124. The molecule has 0 radical (unpaired) electrons. The summed E-state index contributed by atoms with van der Waals surface area (Å²) in [4.78, 5) is 22.6. The number of likely N-dealkylation sites (tertiary alicyclic amines) is 1. The minimum absolute atomic E-state index is 0.0301. The van der Waals surface area contributed by atoms with Gasteiger partial charge in [-0.1, -0.05) is 0 Å². The Labute approximate surface area is 82.6 Å². The van der Waals surface area contributed by atoms with E-state index in [0.29, 0.717) is 13.1 Å². The highest BCUT2D eigenvalue weighted by atomic mass is 16.5. The Kier molecular flexibility index (Phi) is 3.88. The summed E-state index contributed by atoms with van der Waals surface area (Å²) in [5, 5.41) is 8.74. The standard InChI is InChI=1S/C9H15NO4/c1-7(11)6-14-8-3-2-4-10(5-8)9(12)13/h8H,2-6H2,1H3,(H,12,13). The number of rotatable bonds is 3. The summed E-state index contributed by atoms with van der Waals surface area (Å²) in [5.41, 5.74) is 0. The highest BCUT2D eigenvalue weighted by Gasteiger charge is 2.23. The molecule has 1 fully saturated rings. The van der Waals surface area contributed by atoms with Gasteiger partial charge in [0.15, 0.2) is 5.78 Å². The minimum Gasteiger partial charge on any atom is -0.465 e. The minimum atomic E-state index is -0.916. The van der Waals surface area contributed by atoms with Crippen LogP contribution in [-0.2, 0) is 9.53 Å². The summed E-state index contributed by atoms with van der Waals surface area (Å²) >= 11 is 0. The summed E-state index contributed by atoms with van der Waals surface area (Å²) in [6, 6.07) is 0. The first-order valence-corrected chi connectivity index (χ1v) is 4.68. The lowest BCUT2D eigenvalue weighted by Crippen LogP contribution is -2.42. The van der Waals surface area contributed by atoms with Gasteiger partial charge in [-0.15, -0.1) is 0 Å². The molecule has 0 saturated carbocycles. The number of carbonyl (C=O) groups is 2. The van der Waals surface area contributed by atoms with Crippen LogP contribution in [0.25, 0.3) is 0 Å². The predicted molar refractivity (Wildman–Crippen MR) is 49.3 cm³/mol. The molecule has 0 aromatic heterocycles. The van der Waals surface area contributed by atoms with Crippen LogP contribution in [0.15, 0.2) is 0 Å². The van der Waals surface area contributed by atoms with E-state index in [2.05, 4.69) is 0 Å². The van der Waals surface area contributed by atoms with Crippen molar-refractivity contribution < 1.29 is 19.4 Å². The molecule has 0 bridgehead atoms. The van der Waals surface area contributed by atoms with Crippen LogP contribution in [0.3, 0.4) is 0 Å². The van der Waals surface area contributed by atoms with Crippen LogP contribution in [0, 0.1) is 0 Å². The molecule has 1 saturated heterocycles. The Hall–Kier alpha value is -1.10. The number of Topliss-reactive ketones (excluding diaryl/α,β-unsaturated/α-hetero) is 1. The third kappa shape index (κ3) is 3.33. The third-order valence-electron chi connectivity index (χ3n) is 2.17. The molecule has 1 aliphatic rings. The van der Waals surface area contributed by atoms with Gasteiger partial charge in [-0.05, 0) is 19.8 Å². The first-order valence-electron chi connectivity index (χ1n) is 4.68. The van der Waals surface area contributed by atoms with Crippen molar-refractivity contribution in [3.05, 3.63) is 0 Å². The molecule has 1 rings (SSSR count). The third-order valence-corrected chi connectivity index (χ3v) is 2.17. The van der Waals surface area contributed by atoms with E-state index < -0.39 is 6.09 Å². The van der Waals surface area contributed by atoms with E-state index in [0.717, 1.165) is 12.8 Å². The van der Waals surface area contributed by atoms with Crippen LogP contribution >= 0.6 is 0 Å². The van der Waals surface area contributed by atoms with Gasteiger partial charge in [-0.3, -0.25) is 4.79 Å². The van der Waals surface area contributed by atoms with E-state index >= 15 is 0 Å². The van der Waals surface area contributed by atoms with Crippen molar-refractivity contribution in [1.29, 1.82) is 0 Å². The molecule has 14 heavy (non-hydrogen) atoms. The molecule has 0 spiro atoms. The van der Waals surface area contributed by atoms with Crippen LogP contribution in [0.1, 0.15) is 19.8 Å².